The second kappa shape index (κ2) is 11.4. The highest BCUT2D eigenvalue weighted by atomic mass is 35.5. The fraction of sp³-hybridized carbons (Fsp3) is 0.219. The lowest BCUT2D eigenvalue weighted by atomic mass is 9.89. The number of anilines is 2. The van der Waals surface area contributed by atoms with Crippen LogP contribution < -0.4 is 9.80 Å². The third-order valence-corrected chi connectivity index (χ3v) is 7.58. The summed E-state index contributed by atoms with van der Waals surface area (Å²) in [5, 5.41) is 9.53. The molecule has 2 amide bonds. The minimum absolute atomic E-state index is 0.0810. The summed E-state index contributed by atoms with van der Waals surface area (Å²) in [5.74, 6) is -1.02. The van der Waals surface area contributed by atoms with E-state index in [0.717, 1.165) is 28.2 Å². The molecule has 1 aliphatic heterocycles. The van der Waals surface area contributed by atoms with Gasteiger partial charge in [0.1, 0.15) is 0 Å². The molecule has 0 saturated heterocycles. The van der Waals surface area contributed by atoms with Gasteiger partial charge >= 0.3 is 5.97 Å². The molecule has 0 unspecified atom stereocenters. The Hall–Kier alpha value is -4.36. The summed E-state index contributed by atoms with van der Waals surface area (Å²) in [6, 6.07) is 23.9. The lowest BCUT2D eigenvalue weighted by Crippen LogP contribution is -2.47. The van der Waals surface area contributed by atoms with E-state index in [1.807, 2.05) is 95.5 Å². The summed E-state index contributed by atoms with van der Waals surface area (Å²) in [7, 11) is 0. The molecule has 4 aromatic rings. The molecular weight excluding hydrogens is 526 g/mol. The largest absolute Gasteiger partial charge is 0.481 e. The van der Waals surface area contributed by atoms with Gasteiger partial charge in [0, 0.05) is 59.4 Å². The Labute approximate surface area is 238 Å². The molecule has 0 spiro atoms. The van der Waals surface area contributed by atoms with E-state index in [0.29, 0.717) is 23.4 Å². The van der Waals surface area contributed by atoms with Crippen molar-refractivity contribution in [2.45, 2.75) is 45.2 Å². The third-order valence-electron chi connectivity index (χ3n) is 7.33. The second-order valence-corrected chi connectivity index (χ2v) is 10.5. The van der Waals surface area contributed by atoms with Crippen molar-refractivity contribution in [1.82, 2.24) is 4.57 Å². The van der Waals surface area contributed by atoms with E-state index >= 15 is 0 Å². The molecule has 1 aliphatic rings. The first-order valence-corrected chi connectivity index (χ1v) is 13.6. The topological polar surface area (TPSA) is 82.9 Å². The minimum Gasteiger partial charge on any atom is -0.481 e. The number of aliphatic carboxylic acids is 1. The first-order chi connectivity index (χ1) is 19.2. The van der Waals surface area contributed by atoms with Crippen LogP contribution in [0.5, 0.6) is 0 Å². The van der Waals surface area contributed by atoms with Gasteiger partial charge in [-0.15, -0.1) is 0 Å². The Morgan fingerprint density at radius 2 is 1.68 bits per heavy atom. The molecule has 5 rings (SSSR count). The number of benzene rings is 3. The highest BCUT2D eigenvalue weighted by Crippen LogP contribution is 2.43. The molecule has 0 saturated carbocycles. The number of carbonyl (C=O) groups excluding carboxylic acids is 2. The molecular formula is C32H30ClN3O4. The van der Waals surface area contributed by atoms with Gasteiger partial charge in [0.2, 0.25) is 5.91 Å². The van der Waals surface area contributed by atoms with Crippen LogP contribution in [-0.2, 0) is 16.0 Å². The van der Waals surface area contributed by atoms with E-state index in [9.17, 15) is 14.4 Å². The molecule has 2 heterocycles. The standard InChI is InChI=1S/C32H30ClN3O4/c1-21-19-30(36(22(2)37)27-14-10-25(33)11-15-27)28-5-3-4-6-29(28)35(21)32(40)24-8-12-26(13-9-24)34-18-17-23(20-34)7-16-31(38)39/h3-6,8-15,17-18,20-21,30H,7,16,19H2,1-2H3,(H,38,39)/t21-,30+/m0/s1. The molecule has 40 heavy (non-hydrogen) atoms. The number of nitrogens with zero attached hydrogens (tertiary/aromatic N) is 3. The van der Waals surface area contributed by atoms with Gasteiger partial charge in [-0.2, -0.15) is 0 Å². The van der Waals surface area contributed by atoms with E-state index in [2.05, 4.69) is 0 Å². The normalized spacial score (nSPS) is 16.3. The average molecular weight is 556 g/mol. The Kier molecular flexibility index (Phi) is 7.76. The Morgan fingerprint density at radius 1 is 0.975 bits per heavy atom. The molecule has 204 valence electrons. The van der Waals surface area contributed by atoms with Crippen molar-refractivity contribution in [3.8, 4) is 5.69 Å². The molecule has 0 bridgehead atoms. The Balaban J connectivity index is 1.42. The lowest BCUT2D eigenvalue weighted by molar-refractivity contribution is -0.137. The van der Waals surface area contributed by atoms with Gasteiger partial charge in [-0.1, -0.05) is 29.8 Å². The number of hydrogen-bond donors (Lipinski definition) is 1. The Morgan fingerprint density at radius 3 is 2.35 bits per heavy atom. The zero-order chi connectivity index (χ0) is 28.4. The van der Waals surface area contributed by atoms with Crippen LogP contribution in [0.25, 0.3) is 5.69 Å². The number of fused-ring (bicyclic) bond motifs is 1. The minimum atomic E-state index is -0.825. The fourth-order valence-electron chi connectivity index (χ4n) is 5.43. The lowest BCUT2D eigenvalue weighted by Gasteiger charge is -2.43. The maximum Gasteiger partial charge on any atom is 0.303 e. The maximum atomic E-state index is 13.9. The van der Waals surface area contributed by atoms with Gasteiger partial charge in [0.15, 0.2) is 0 Å². The zero-order valence-electron chi connectivity index (χ0n) is 22.3. The molecule has 0 radical (unpaired) electrons. The fourth-order valence-corrected chi connectivity index (χ4v) is 5.56. The number of aryl methyl sites for hydroxylation is 1. The Bertz CT molecular complexity index is 1550. The van der Waals surface area contributed by atoms with Crippen molar-refractivity contribution in [2.75, 3.05) is 9.80 Å². The van der Waals surface area contributed by atoms with Crippen molar-refractivity contribution in [2.24, 2.45) is 0 Å². The van der Waals surface area contributed by atoms with Crippen LogP contribution >= 0.6 is 11.6 Å². The average Bonchev–Trinajstić information content (AvgIpc) is 3.42. The molecule has 2 atom stereocenters. The quantitative estimate of drug-likeness (QED) is 0.276. The van der Waals surface area contributed by atoms with Crippen molar-refractivity contribution in [3.05, 3.63) is 113 Å². The van der Waals surface area contributed by atoms with Gasteiger partial charge in [-0.05, 0) is 91.6 Å². The van der Waals surface area contributed by atoms with Crippen molar-refractivity contribution >= 4 is 40.8 Å². The van der Waals surface area contributed by atoms with Crippen molar-refractivity contribution < 1.29 is 19.5 Å². The summed E-state index contributed by atoms with van der Waals surface area (Å²) in [5.41, 5.74) is 4.84. The second-order valence-electron chi connectivity index (χ2n) is 10.1. The van der Waals surface area contributed by atoms with E-state index < -0.39 is 5.97 Å². The van der Waals surface area contributed by atoms with Crippen LogP contribution in [0.15, 0.2) is 91.3 Å². The molecule has 8 heteroatoms. The molecule has 7 nitrogen and oxygen atoms in total. The highest BCUT2D eigenvalue weighted by Gasteiger charge is 2.38. The van der Waals surface area contributed by atoms with Crippen molar-refractivity contribution in [3.63, 3.8) is 0 Å². The number of carboxylic acid groups (broad SMARTS) is 1. The number of hydrogen-bond acceptors (Lipinski definition) is 3. The predicted molar refractivity (Wildman–Crippen MR) is 156 cm³/mol. The molecule has 3 aromatic carbocycles. The van der Waals surface area contributed by atoms with E-state index in [4.69, 9.17) is 16.7 Å². The van der Waals surface area contributed by atoms with Gasteiger partial charge in [0.05, 0.1) is 6.04 Å². The van der Waals surface area contributed by atoms with Gasteiger partial charge < -0.3 is 19.5 Å². The SMILES string of the molecule is CC(=O)N(c1ccc(Cl)cc1)[C@@H]1C[C@H](C)N(C(=O)c2ccc(-n3ccc(CCC(=O)O)c3)cc2)c2ccccc21. The number of carboxylic acids is 1. The van der Waals surface area contributed by atoms with Crippen LogP contribution in [0.4, 0.5) is 11.4 Å². The van der Waals surface area contributed by atoms with E-state index in [-0.39, 0.29) is 30.3 Å². The number of amides is 2. The number of halogens is 1. The van der Waals surface area contributed by atoms with E-state index in [1.54, 1.807) is 24.0 Å². The number of carbonyl (C=O) groups is 3. The number of rotatable bonds is 7. The predicted octanol–water partition coefficient (Wildman–Crippen LogP) is 6.68. The molecule has 0 aliphatic carbocycles. The molecule has 0 fully saturated rings. The van der Waals surface area contributed by atoms with Crippen LogP contribution in [0.3, 0.4) is 0 Å². The summed E-state index contributed by atoms with van der Waals surface area (Å²) in [4.78, 5) is 41.2. The summed E-state index contributed by atoms with van der Waals surface area (Å²) >= 11 is 6.10. The van der Waals surface area contributed by atoms with Crippen molar-refractivity contribution in [1.29, 1.82) is 0 Å². The first-order valence-electron chi connectivity index (χ1n) is 13.2. The van der Waals surface area contributed by atoms with Crippen LogP contribution in [0, 0.1) is 0 Å². The zero-order valence-corrected chi connectivity index (χ0v) is 23.1. The van der Waals surface area contributed by atoms with E-state index in [1.165, 1.54) is 0 Å². The van der Waals surface area contributed by atoms with Gasteiger partial charge in [-0.25, -0.2) is 0 Å². The monoisotopic (exact) mass is 555 g/mol. The summed E-state index contributed by atoms with van der Waals surface area (Å²) < 4.78 is 1.92. The van der Waals surface area contributed by atoms with Crippen LogP contribution in [-0.4, -0.2) is 33.5 Å². The van der Waals surface area contributed by atoms with Crippen LogP contribution in [0.1, 0.15) is 54.2 Å². The number of para-hydroxylation sites is 1. The smallest absolute Gasteiger partial charge is 0.303 e. The highest BCUT2D eigenvalue weighted by molar-refractivity contribution is 6.30. The number of aromatic nitrogens is 1. The third kappa shape index (κ3) is 5.51. The van der Waals surface area contributed by atoms with Gasteiger partial charge in [-0.3, -0.25) is 14.4 Å². The van der Waals surface area contributed by atoms with Crippen LogP contribution in [0.2, 0.25) is 5.02 Å². The summed E-state index contributed by atoms with van der Waals surface area (Å²) in [6.07, 6.45) is 4.91. The van der Waals surface area contributed by atoms with Gasteiger partial charge in [0.25, 0.3) is 5.91 Å². The maximum absolute atomic E-state index is 13.9. The molecule has 1 N–H and O–H groups in total. The first kappa shape index (κ1) is 27.2. The summed E-state index contributed by atoms with van der Waals surface area (Å²) in [6.45, 7) is 3.56. The molecule has 1 aromatic heterocycles.